The van der Waals surface area contributed by atoms with E-state index in [1.807, 2.05) is 32.0 Å². The molecule has 0 aliphatic rings. The minimum atomic E-state index is -0.236. The summed E-state index contributed by atoms with van der Waals surface area (Å²) in [5.41, 5.74) is 0.868. The molecule has 2 aromatic carbocycles. The standard InChI is InChI=1S/C18H19Cl2NO3/c1-3-23-16-6-4-5-7-17(16)24-11-18(22)21-12(2)13-8-9-14(19)15(20)10-13/h4-10,12H,3,11H2,1-2H3,(H,21,22). The monoisotopic (exact) mass is 367 g/mol. The van der Waals surface area contributed by atoms with Gasteiger partial charge in [0.25, 0.3) is 5.91 Å². The molecule has 0 saturated carbocycles. The van der Waals surface area contributed by atoms with Gasteiger partial charge in [0.2, 0.25) is 0 Å². The second-order valence-corrected chi connectivity index (χ2v) is 5.95. The van der Waals surface area contributed by atoms with E-state index in [9.17, 15) is 4.79 Å². The van der Waals surface area contributed by atoms with Gasteiger partial charge < -0.3 is 14.8 Å². The quantitative estimate of drug-likeness (QED) is 0.774. The average Bonchev–Trinajstić information content (AvgIpc) is 2.56. The number of amides is 1. The molecule has 0 aliphatic heterocycles. The molecule has 6 heteroatoms. The van der Waals surface area contributed by atoms with Crippen molar-refractivity contribution in [2.45, 2.75) is 19.9 Å². The van der Waals surface area contributed by atoms with E-state index in [4.69, 9.17) is 32.7 Å². The smallest absolute Gasteiger partial charge is 0.258 e. The van der Waals surface area contributed by atoms with Gasteiger partial charge in [-0.3, -0.25) is 4.79 Å². The lowest BCUT2D eigenvalue weighted by atomic mass is 10.1. The van der Waals surface area contributed by atoms with Gasteiger partial charge in [0.05, 0.1) is 22.7 Å². The molecule has 0 bridgehead atoms. The first-order chi connectivity index (χ1) is 11.5. The minimum Gasteiger partial charge on any atom is -0.490 e. The fourth-order valence-electron chi connectivity index (χ4n) is 2.14. The summed E-state index contributed by atoms with van der Waals surface area (Å²) in [5, 5.41) is 3.80. The Morgan fingerprint density at radius 3 is 2.38 bits per heavy atom. The van der Waals surface area contributed by atoms with Crippen LogP contribution >= 0.6 is 23.2 Å². The van der Waals surface area contributed by atoms with Crippen LogP contribution in [0.3, 0.4) is 0 Å². The van der Waals surface area contributed by atoms with Gasteiger partial charge in [0.1, 0.15) is 0 Å². The maximum absolute atomic E-state index is 12.1. The summed E-state index contributed by atoms with van der Waals surface area (Å²) >= 11 is 11.9. The van der Waals surface area contributed by atoms with E-state index in [-0.39, 0.29) is 18.6 Å². The lowest BCUT2D eigenvalue weighted by molar-refractivity contribution is -0.123. The van der Waals surface area contributed by atoms with Crippen molar-refractivity contribution in [1.29, 1.82) is 0 Å². The van der Waals surface area contributed by atoms with Crippen LogP contribution in [0.4, 0.5) is 0 Å². The Morgan fingerprint density at radius 2 is 1.75 bits per heavy atom. The summed E-state index contributed by atoms with van der Waals surface area (Å²) in [5.74, 6) is 0.918. The summed E-state index contributed by atoms with van der Waals surface area (Å²) in [6.45, 7) is 4.19. The van der Waals surface area contributed by atoms with Crippen LogP contribution in [0.5, 0.6) is 11.5 Å². The van der Waals surface area contributed by atoms with E-state index in [2.05, 4.69) is 5.32 Å². The number of hydrogen-bond donors (Lipinski definition) is 1. The average molecular weight is 368 g/mol. The van der Waals surface area contributed by atoms with Crippen molar-refractivity contribution in [1.82, 2.24) is 5.32 Å². The molecule has 24 heavy (non-hydrogen) atoms. The first-order valence-corrected chi connectivity index (χ1v) is 8.35. The number of benzene rings is 2. The van der Waals surface area contributed by atoms with Gasteiger partial charge in [0.15, 0.2) is 18.1 Å². The number of rotatable bonds is 7. The summed E-state index contributed by atoms with van der Waals surface area (Å²) in [4.78, 5) is 12.1. The number of nitrogens with one attached hydrogen (secondary N) is 1. The Morgan fingerprint density at radius 1 is 1.08 bits per heavy atom. The molecule has 128 valence electrons. The second kappa shape index (κ2) is 8.81. The molecule has 2 aromatic rings. The first kappa shape index (κ1) is 18.4. The number of halogens is 2. The van der Waals surface area contributed by atoms with Crippen molar-refractivity contribution in [3.8, 4) is 11.5 Å². The Hall–Kier alpha value is -1.91. The molecular weight excluding hydrogens is 349 g/mol. The third kappa shape index (κ3) is 5.05. The summed E-state index contributed by atoms with van der Waals surface area (Å²) in [6.07, 6.45) is 0. The van der Waals surface area contributed by atoms with E-state index in [0.717, 1.165) is 5.56 Å². The predicted octanol–water partition coefficient (Wildman–Crippen LogP) is 4.65. The Bertz CT molecular complexity index is 706. The Kier molecular flexibility index (Phi) is 6.76. The van der Waals surface area contributed by atoms with Gasteiger partial charge in [-0.15, -0.1) is 0 Å². The number of carbonyl (C=O) groups excluding carboxylic acids is 1. The van der Waals surface area contributed by atoms with Crippen molar-refractivity contribution in [3.63, 3.8) is 0 Å². The van der Waals surface area contributed by atoms with Crippen molar-refractivity contribution in [2.24, 2.45) is 0 Å². The summed E-state index contributed by atoms with van der Waals surface area (Å²) < 4.78 is 11.0. The molecular formula is C18H19Cl2NO3. The fourth-order valence-corrected chi connectivity index (χ4v) is 2.44. The van der Waals surface area contributed by atoms with Crippen molar-refractivity contribution < 1.29 is 14.3 Å². The topological polar surface area (TPSA) is 47.6 Å². The summed E-state index contributed by atoms with van der Waals surface area (Å²) in [7, 11) is 0. The normalized spacial score (nSPS) is 11.7. The van der Waals surface area contributed by atoms with Gasteiger partial charge in [-0.25, -0.2) is 0 Å². The molecule has 1 atom stereocenters. The molecule has 0 aliphatic carbocycles. The van der Waals surface area contributed by atoms with E-state index in [0.29, 0.717) is 28.2 Å². The van der Waals surface area contributed by atoms with Crippen LogP contribution in [-0.4, -0.2) is 19.1 Å². The zero-order chi connectivity index (χ0) is 17.5. The molecule has 2 rings (SSSR count). The van der Waals surface area contributed by atoms with Crippen molar-refractivity contribution in [3.05, 3.63) is 58.1 Å². The Labute approximate surface area is 151 Å². The van der Waals surface area contributed by atoms with E-state index in [1.165, 1.54) is 0 Å². The SMILES string of the molecule is CCOc1ccccc1OCC(=O)NC(C)c1ccc(Cl)c(Cl)c1. The van der Waals surface area contributed by atoms with Crippen LogP contribution in [-0.2, 0) is 4.79 Å². The first-order valence-electron chi connectivity index (χ1n) is 7.60. The van der Waals surface area contributed by atoms with Gasteiger partial charge in [-0.2, -0.15) is 0 Å². The van der Waals surface area contributed by atoms with Gasteiger partial charge in [0, 0.05) is 0 Å². The van der Waals surface area contributed by atoms with Crippen LogP contribution < -0.4 is 14.8 Å². The molecule has 0 fully saturated rings. The number of carbonyl (C=O) groups is 1. The maximum atomic E-state index is 12.1. The van der Waals surface area contributed by atoms with Crippen LogP contribution in [0.15, 0.2) is 42.5 Å². The highest BCUT2D eigenvalue weighted by Gasteiger charge is 2.12. The molecule has 4 nitrogen and oxygen atoms in total. The molecule has 1 amide bonds. The van der Waals surface area contributed by atoms with Crippen LogP contribution in [0.25, 0.3) is 0 Å². The lowest BCUT2D eigenvalue weighted by Gasteiger charge is -2.16. The third-order valence-electron chi connectivity index (χ3n) is 3.33. The second-order valence-electron chi connectivity index (χ2n) is 5.13. The van der Waals surface area contributed by atoms with E-state index >= 15 is 0 Å². The molecule has 0 radical (unpaired) electrons. The largest absolute Gasteiger partial charge is 0.490 e. The lowest BCUT2D eigenvalue weighted by Crippen LogP contribution is -2.31. The highest BCUT2D eigenvalue weighted by Crippen LogP contribution is 2.27. The summed E-state index contributed by atoms with van der Waals surface area (Å²) in [6, 6.07) is 12.3. The number of ether oxygens (including phenoxy) is 2. The van der Waals surface area contributed by atoms with Gasteiger partial charge in [-0.05, 0) is 43.7 Å². The molecule has 0 saturated heterocycles. The minimum absolute atomic E-state index is 0.101. The molecule has 0 heterocycles. The molecule has 1 unspecified atom stereocenters. The zero-order valence-corrected chi connectivity index (χ0v) is 15.0. The number of hydrogen-bond acceptors (Lipinski definition) is 3. The van der Waals surface area contributed by atoms with E-state index < -0.39 is 0 Å². The predicted molar refractivity (Wildman–Crippen MR) is 96.1 cm³/mol. The Balaban J connectivity index is 1.92. The van der Waals surface area contributed by atoms with Crippen LogP contribution in [0, 0.1) is 0 Å². The molecule has 0 spiro atoms. The highest BCUT2D eigenvalue weighted by atomic mass is 35.5. The van der Waals surface area contributed by atoms with Crippen molar-refractivity contribution >= 4 is 29.1 Å². The zero-order valence-electron chi connectivity index (χ0n) is 13.5. The van der Waals surface area contributed by atoms with E-state index in [1.54, 1.807) is 24.3 Å². The van der Waals surface area contributed by atoms with Crippen LogP contribution in [0.2, 0.25) is 10.0 Å². The van der Waals surface area contributed by atoms with Gasteiger partial charge >= 0.3 is 0 Å². The fraction of sp³-hybridized carbons (Fsp3) is 0.278. The molecule has 1 N–H and O–H groups in total. The molecule has 0 aromatic heterocycles. The van der Waals surface area contributed by atoms with Gasteiger partial charge in [-0.1, -0.05) is 41.4 Å². The highest BCUT2D eigenvalue weighted by molar-refractivity contribution is 6.42. The van der Waals surface area contributed by atoms with Crippen LogP contribution in [0.1, 0.15) is 25.5 Å². The maximum Gasteiger partial charge on any atom is 0.258 e. The van der Waals surface area contributed by atoms with Crippen molar-refractivity contribution in [2.75, 3.05) is 13.2 Å². The third-order valence-corrected chi connectivity index (χ3v) is 4.07. The number of para-hydroxylation sites is 2.